The quantitative estimate of drug-likeness (QED) is 0.208. The van der Waals surface area contributed by atoms with Gasteiger partial charge in [0.25, 0.3) is 5.78 Å². The third-order valence-electron chi connectivity index (χ3n) is 3.20. The first-order chi connectivity index (χ1) is 11.8. The van der Waals surface area contributed by atoms with Crippen molar-refractivity contribution in [1.82, 2.24) is 0 Å². The predicted octanol–water partition coefficient (Wildman–Crippen LogP) is 3.30. The summed E-state index contributed by atoms with van der Waals surface area (Å²) in [5.41, 5.74) is 7.44. The maximum atomic E-state index is 12.5. The van der Waals surface area contributed by atoms with E-state index in [1.165, 1.54) is 0 Å². The van der Waals surface area contributed by atoms with E-state index in [9.17, 15) is 22.8 Å². The van der Waals surface area contributed by atoms with Crippen LogP contribution in [-0.4, -0.2) is 22.3 Å². The smallest absolute Gasteiger partial charge is 0.446 e. The molecular weight excluding hydrogens is 337 g/mol. The van der Waals surface area contributed by atoms with Crippen molar-refractivity contribution in [3.05, 3.63) is 76.8 Å². The first-order valence-corrected chi connectivity index (χ1v) is 6.98. The Balaban J connectivity index is 2.10. The number of ketones is 1. The van der Waals surface area contributed by atoms with Gasteiger partial charge < -0.3 is 10.3 Å². The number of alkyl halides is 3. The zero-order valence-electron chi connectivity index (χ0n) is 12.7. The van der Waals surface area contributed by atoms with Crippen molar-refractivity contribution < 1.29 is 32.3 Å². The summed E-state index contributed by atoms with van der Waals surface area (Å²) in [5.74, 6) is -2.23. The van der Waals surface area contributed by atoms with Gasteiger partial charge in [-0.3, -0.25) is 4.79 Å². The number of halogens is 3. The summed E-state index contributed by atoms with van der Waals surface area (Å²) in [6.07, 6.45) is -4.55. The molecular formula is C17H11F3N2O3. The number of nitrogens with zero attached hydrogens (tertiary/aromatic N) is 2. The van der Waals surface area contributed by atoms with Gasteiger partial charge in [-0.1, -0.05) is 42.5 Å². The SMILES string of the molecule is [N-]=[N+]=C(C(=O)OCc1ccccc1)C(=O)c1ccc(C(F)(F)F)cc1. The van der Waals surface area contributed by atoms with Gasteiger partial charge in [0.15, 0.2) is 0 Å². The van der Waals surface area contributed by atoms with E-state index >= 15 is 0 Å². The van der Waals surface area contributed by atoms with Crippen molar-refractivity contribution in [3.8, 4) is 0 Å². The van der Waals surface area contributed by atoms with Gasteiger partial charge in [-0.15, -0.1) is 0 Å². The van der Waals surface area contributed by atoms with Crippen molar-refractivity contribution in [2.24, 2.45) is 0 Å². The molecule has 8 heteroatoms. The molecule has 2 aromatic rings. The summed E-state index contributed by atoms with van der Waals surface area (Å²) in [7, 11) is 0. The summed E-state index contributed by atoms with van der Waals surface area (Å²) in [6.45, 7) is -0.154. The van der Waals surface area contributed by atoms with Crippen LogP contribution in [-0.2, 0) is 22.3 Å². The zero-order valence-corrected chi connectivity index (χ0v) is 12.7. The van der Waals surface area contributed by atoms with E-state index in [2.05, 4.69) is 4.79 Å². The van der Waals surface area contributed by atoms with E-state index in [1.807, 2.05) is 0 Å². The van der Waals surface area contributed by atoms with Crippen LogP contribution in [0.25, 0.3) is 5.53 Å². The Kier molecular flexibility index (Phi) is 5.46. The van der Waals surface area contributed by atoms with Gasteiger partial charge in [0.1, 0.15) is 6.61 Å². The normalized spacial score (nSPS) is 10.7. The third-order valence-corrected chi connectivity index (χ3v) is 3.20. The molecule has 0 bridgehead atoms. The van der Waals surface area contributed by atoms with Crippen LogP contribution in [0.1, 0.15) is 21.5 Å². The van der Waals surface area contributed by atoms with Crippen LogP contribution >= 0.6 is 0 Å². The fourth-order valence-corrected chi connectivity index (χ4v) is 1.92. The standard InChI is InChI=1S/C17H11F3N2O3/c18-17(19,20)13-8-6-12(7-9-13)15(23)14(22-21)16(24)25-10-11-4-2-1-3-5-11/h1-9H,10H2. The van der Waals surface area contributed by atoms with E-state index in [0.717, 1.165) is 12.1 Å². The Labute approximate surface area is 140 Å². The molecule has 0 aromatic heterocycles. The van der Waals surface area contributed by atoms with Crippen LogP contribution < -0.4 is 0 Å². The van der Waals surface area contributed by atoms with Gasteiger partial charge in [0.2, 0.25) is 0 Å². The molecule has 5 nitrogen and oxygen atoms in total. The number of benzene rings is 2. The van der Waals surface area contributed by atoms with Gasteiger partial charge in [-0.05, 0) is 17.7 Å². The van der Waals surface area contributed by atoms with E-state index in [4.69, 9.17) is 10.3 Å². The predicted molar refractivity (Wildman–Crippen MR) is 80.6 cm³/mol. The van der Waals surface area contributed by atoms with Crippen molar-refractivity contribution in [1.29, 1.82) is 0 Å². The summed E-state index contributed by atoms with van der Waals surface area (Å²) >= 11 is 0. The van der Waals surface area contributed by atoms with Crippen LogP contribution in [0, 0.1) is 0 Å². The molecule has 128 valence electrons. The Hall–Kier alpha value is -3.25. The molecule has 0 amide bonds. The minimum Gasteiger partial charge on any atom is -0.452 e. The van der Waals surface area contributed by atoms with Crippen LogP contribution in [0.15, 0.2) is 54.6 Å². The molecule has 0 aliphatic carbocycles. The fraction of sp³-hybridized carbons (Fsp3) is 0.118. The second-order valence-electron chi connectivity index (χ2n) is 4.91. The molecule has 0 aliphatic heterocycles. The Morgan fingerprint density at radius 1 is 1.00 bits per heavy atom. The van der Waals surface area contributed by atoms with Gasteiger partial charge in [-0.25, -0.2) is 4.79 Å². The summed E-state index contributed by atoms with van der Waals surface area (Å²) in [4.78, 5) is 26.6. The van der Waals surface area contributed by atoms with E-state index in [1.54, 1.807) is 30.3 Å². The molecule has 0 radical (unpaired) electrons. The second-order valence-corrected chi connectivity index (χ2v) is 4.91. The molecule has 25 heavy (non-hydrogen) atoms. The maximum Gasteiger partial charge on any atom is 0.446 e. The summed E-state index contributed by atoms with van der Waals surface area (Å²) < 4.78 is 42.4. The van der Waals surface area contributed by atoms with Crippen LogP contribution in [0.5, 0.6) is 0 Å². The molecule has 0 aliphatic rings. The molecule has 0 unspecified atom stereocenters. The molecule has 0 fully saturated rings. The number of hydrogen-bond donors (Lipinski definition) is 0. The van der Waals surface area contributed by atoms with Gasteiger partial charge in [0, 0.05) is 5.56 Å². The Morgan fingerprint density at radius 3 is 2.12 bits per heavy atom. The van der Waals surface area contributed by atoms with Crippen molar-refractivity contribution in [3.63, 3.8) is 0 Å². The molecule has 0 atom stereocenters. The highest BCUT2D eigenvalue weighted by atomic mass is 19.4. The number of Topliss-reactive ketones (excluding diaryl/α,β-unsaturated/α-hetero) is 1. The topological polar surface area (TPSA) is 79.8 Å². The highest BCUT2D eigenvalue weighted by molar-refractivity contribution is 6.65. The maximum absolute atomic E-state index is 12.5. The minimum atomic E-state index is -4.55. The molecule has 2 aromatic carbocycles. The van der Waals surface area contributed by atoms with Crippen molar-refractivity contribution in [2.75, 3.05) is 0 Å². The van der Waals surface area contributed by atoms with Crippen LogP contribution in [0.4, 0.5) is 13.2 Å². The number of carbonyl (C=O) groups excluding carboxylic acids is 2. The molecule has 0 N–H and O–H groups in total. The van der Waals surface area contributed by atoms with Crippen molar-refractivity contribution in [2.45, 2.75) is 12.8 Å². The van der Waals surface area contributed by atoms with E-state index in [0.29, 0.717) is 17.7 Å². The molecule has 0 saturated carbocycles. The highest BCUT2D eigenvalue weighted by Gasteiger charge is 2.34. The lowest BCUT2D eigenvalue weighted by Gasteiger charge is -2.06. The number of ether oxygens (including phenoxy) is 1. The average molecular weight is 348 g/mol. The highest BCUT2D eigenvalue weighted by Crippen LogP contribution is 2.29. The Morgan fingerprint density at radius 2 is 1.60 bits per heavy atom. The second kappa shape index (κ2) is 7.55. The zero-order chi connectivity index (χ0) is 18.4. The molecule has 0 saturated heterocycles. The first kappa shape index (κ1) is 18.1. The number of rotatable bonds is 5. The number of esters is 1. The van der Waals surface area contributed by atoms with Gasteiger partial charge in [-0.2, -0.15) is 18.0 Å². The molecule has 0 heterocycles. The summed E-state index contributed by atoms with van der Waals surface area (Å²) in [5, 5.41) is 0. The minimum absolute atomic E-state index is 0.154. The first-order valence-electron chi connectivity index (χ1n) is 6.98. The van der Waals surface area contributed by atoms with E-state index < -0.39 is 29.2 Å². The van der Waals surface area contributed by atoms with Gasteiger partial charge in [0.05, 0.1) is 5.56 Å². The van der Waals surface area contributed by atoms with Crippen LogP contribution in [0.2, 0.25) is 0 Å². The largest absolute Gasteiger partial charge is 0.452 e. The molecule has 0 spiro atoms. The molecule has 2 rings (SSSR count). The van der Waals surface area contributed by atoms with Crippen molar-refractivity contribution >= 4 is 17.5 Å². The fourth-order valence-electron chi connectivity index (χ4n) is 1.92. The third kappa shape index (κ3) is 4.62. The Bertz CT molecular complexity index is 824. The lowest BCUT2D eigenvalue weighted by Crippen LogP contribution is -2.27. The lowest BCUT2D eigenvalue weighted by molar-refractivity contribution is -0.141. The average Bonchev–Trinajstić information content (AvgIpc) is 2.60. The van der Waals surface area contributed by atoms with Crippen LogP contribution in [0.3, 0.4) is 0 Å². The van der Waals surface area contributed by atoms with E-state index in [-0.39, 0.29) is 12.2 Å². The number of hydrogen-bond acceptors (Lipinski definition) is 3. The lowest BCUT2D eigenvalue weighted by atomic mass is 10.0. The monoisotopic (exact) mass is 348 g/mol. The van der Waals surface area contributed by atoms with Gasteiger partial charge >= 0.3 is 17.9 Å². The number of carbonyl (C=O) groups is 2. The summed E-state index contributed by atoms with van der Waals surface area (Å²) in [6, 6.07) is 11.7.